The van der Waals surface area contributed by atoms with Gasteiger partial charge in [0.2, 0.25) is 17.0 Å². The molecular formula is C18H29N5O2S. The number of likely N-dealkylation sites (tertiary alicyclic amines) is 1. The third-order valence-electron chi connectivity index (χ3n) is 6.10. The molecule has 1 unspecified atom stereocenters. The molecule has 26 heavy (non-hydrogen) atoms. The fourth-order valence-electron chi connectivity index (χ4n) is 4.40. The molecule has 0 radical (unpaired) electrons. The number of carbonyl (C=O) groups is 1. The van der Waals surface area contributed by atoms with Crippen molar-refractivity contribution < 1.29 is 9.53 Å². The number of hydrogen-bond acceptors (Lipinski definition) is 7. The Morgan fingerprint density at radius 2 is 2.12 bits per heavy atom. The van der Waals surface area contributed by atoms with Crippen LogP contribution in [0.15, 0.2) is 0 Å². The first-order chi connectivity index (χ1) is 12.5. The summed E-state index contributed by atoms with van der Waals surface area (Å²) in [4.78, 5) is 23.4. The zero-order valence-corrected chi connectivity index (χ0v) is 16.6. The summed E-state index contributed by atoms with van der Waals surface area (Å²) in [5.74, 6) is 1.10. The van der Waals surface area contributed by atoms with Crippen LogP contribution in [0.5, 0.6) is 0 Å². The molecule has 0 aliphatic carbocycles. The standard InChI is InChI=1S/C18H29N5O2S/c1-21(2)16-19-17(26-20-16)22-9-7-18(8-10-22)6-5-15(24)23(13-18)12-14-4-3-11-25-14/h14H,3-13H2,1-2H3. The van der Waals surface area contributed by atoms with E-state index in [1.807, 2.05) is 19.0 Å². The van der Waals surface area contributed by atoms with Crippen molar-refractivity contribution in [2.24, 2.45) is 5.41 Å². The number of hydrogen-bond donors (Lipinski definition) is 0. The maximum absolute atomic E-state index is 12.4. The zero-order chi connectivity index (χ0) is 18.1. The highest BCUT2D eigenvalue weighted by molar-refractivity contribution is 7.09. The fraction of sp³-hybridized carbons (Fsp3) is 0.833. The molecule has 1 spiro atoms. The van der Waals surface area contributed by atoms with E-state index < -0.39 is 0 Å². The molecule has 0 saturated carbocycles. The number of carbonyl (C=O) groups excluding carboxylic acids is 1. The molecule has 0 bridgehead atoms. The summed E-state index contributed by atoms with van der Waals surface area (Å²) >= 11 is 1.48. The molecule has 7 nitrogen and oxygen atoms in total. The number of anilines is 2. The third kappa shape index (κ3) is 3.67. The Balaban J connectivity index is 1.36. The molecule has 8 heteroatoms. The molecule has 3 fully saturated rings. The van der Waals surface area contributed by atoms with Gasteiger partial charge in [-0.3, -0.25) is 4.79 Å². The first kappa shape index (κ1) is 18.0. The van der Waals surface area contributed by atoms with Crippen molar-refractivity contribution in [2.45, 2.75) is 44.6 Å². The molecule has 0 aromatic carbocycles. The van der Waals surface area contributed by atoms with Crippen LogP contribution in [-0.2, 0) is 9.53 Å². The van der Waals surface area contributed by atoms with E-state index in [2.05, 4.69) is 19.2 Å². The van der Waals surface area contributed by atoms with Crippen LogP contribution in [-0.4, -0.2) is 73.1 Å². The van der Waals surface area contributed by atoms with Gasteiger partial charge in [-0.25, -0.2) is 0 Å². The van der Waals surface area contributed by atoms with Gasteiger partial charge >= 0.3 is 0 Å². The van der Waals surface area contributed by atoms with Gasteiger partial charge in [-0.15, -0.1) is 0 Å². The number of piperidine rings is 2. The van der Waals surface area contributed by atoms with E-state index in [1.165, 1.54) is 11.5 Å². The summed E-state index contributed by atoms with van der Waals surface area (Å²) < 4.78 is 10.2. The molecular weight excluding hydrogens is 350 g/mol. The molecule has 4 heterocycles. The SMILES string of the molecule is CN(C)c1nsc(N2CCC3(CCC(=O)N(CC4CCCO4)C3)CC2)n1. The van der Waals surface area contributed by atoms with Crippen LogP contribution in [0.2, 0.25) is 0 Å². The first-order valence-corrected chi connectivity index (χ1v) is 10.5. The monoisotopic (exact) mass is 379 g/mol. The highest BCUT2D eigenvalue weighted by atomic mass is 32.1. The minimum Gasteiger partial charge on any atom is -0.376 e. The molecule has 0 N–H and O–H groups in total. The number of amides is 1. The van der Waals surface area contributed by atoms with Crippen molar-refractivity contribution >= 4 is 28.5 Å². The van der Waals surface area contributed by atoms with E-state index in [-0.39, 0.29) is 11.5 Å². The average molecular weight is 380 g/mol. The van der Waals surface area contributed by atoms with Gasteiger partial charge in [-0.05, 0) is 37.5 Å². The largest absolute Gasteiger partial charge is 0.376 e. The molecule has 1 amide bonds. The summed E-state index contributed by atoms with van der Waals surface area (Å²) in [6, 6.07) is 0. The number of rotatable bonds is 4. The van der Waals surface area contributed by atoms with Crippen LogP contribution in [0.4, 0.5) is 11.1 Å². The lowest BCUT2D eigenvalue weighted by atomic mass is 9.72. The highest BCUT2D eigenvalue weighted by Gasteiger charge is 2.42. The molecule has 3 aliphatic rings. The Morgan fingerprint density at radius 1 is 1.31 bits per heavy atom. The zero-order valence-electron chi connectivity index (χ0n) is 15.8. The van der Waals surface area contributed by atoms with Gasteiger partial charge in [0.1, 0.15) is 0 Å². The van der Waals surface area contributed by atoms with Crippen molar-refractivity contribution in [3.05, 3.63) is 0 Å². The molecule has 1 aromatic heterocycles. The highest BCUT2D eigenvalue weighted by Crippen LogP contribution is 2.41. The van der Waals surface area contributed by atoms with E-state index in [9.17, 15) is 4.79 Å². The van der Waals surface area contributed by atoms with E-state index >= 15 is 0 Å². The predicted molar refractivity (Wildman–Crippen MR) is 103 cm³/mol. The third-order valence-corrected chi connectivity index (χ3v) is 6.86. The van der Waals surface area contributed by atoms with Crippen molar-refractivity contribution in [1.29, 1.82) is 0 Å². The molecule has 3 saturated heterocycles. The minimum absolute atomic E-state index is 0.250. The van der Waals surface area contributed by atoms with Gasteiger partial charge in [0.05, 0.1) is 6.10 Å². The fourth-order valence-corrected chi connectivity index (χ4v) is 5.19. The molecule has 1 atom stereocenters. The molecule has 144 valence electrons. The van der Waals surface area contributed by atoms with Crippen molar-refractivity contribution in [1.82, 2.24) is 14.3 Å². The van der Waals surface area contributed by atoms with Gasteiger partial charge in [0.15, 0.2) is 0 Å². The summed E-state index contributed by atoms with van der Waals surface area (Å²) in [6.45, 7) is 4.54. The summed E-state index contributed by atoms with van der Waals surface area (Å²) in [5, 5.41) is 1.02. The van der Waals surface area contributed by atoms with Gasteiger partial charge in [-0.2, -0.15) is 9.36 Å². The number of ether oxygens (including phenoxy) is 1. The van der Waals surface area contributed by atoms with Crippen LogP contribution in [0.25, 0.3) is 0 Å². The Kier molecular flexibility index (Phi) is 5.05. The quantitative estimate of drug-likeness (QED) is 0.797. The maximum atomic E-state index is 12.4. The Hall–Kier alpha value is -1.41. The molecule has 3 aliphatic heterocycles. The smallest absolute Gasteiger partial charge is 0.238 e. The van der Waals surface area contributed by atoms with Gasteiger partial charge in [0, 0.05) is 64.8 Å². The van der Waals surface area contributed by atoms with Crippen LogP contribution in [0.1, 0.15) is 38.5 Å². The van der Waals surface area contributed by atoms with Crippen LogP contribution >= 0.6 is 11.5 Å². The lowest BCUT2D eigenvalue weighted by Gasteiger charge is -2.47. The summed E-state index contributed by atoms with van der Waals surface area (Å²) in [6.07, 6.45) is 6.44. The van der Waals surface area contributed by atoms with Crippen molar-refractivity contribution in [3.8, 4) is 0 Å². The first-order valence-electron chi connectivity index (χ1n) is 9.70. The van der Waals surface area contributed by atoms with Gasteiger partial charge in [-0.1, -0.05) is 0 Å². The van der Waals surface area contributed by atoms with Crippen molar-refractivity contribution in [2.75, 3.05) is 56.7 Å². The average Bonchev–Trinajstić information content (AvgIpc) is 3.31. The summed E-state index contributed by atoms with van der Waals surface area (Å²) in [7, 11) is 3.94. The van der Waals surface area contributed by atoms with Gasteiger partial charge < -0.3 is 19.4 Å². The van der Waals surface area contributed by atoms with E-state index in [1.54, 1.807) is 0 Å². The lowest BCUT2D eigenvalue weighted by molar-refractivity contribution is -0.140. The Labute approximate surface area is 159 Å². The van der Waals surface area contributed by atoms with Gasteiger partial charge in [0.25, 0.3) is 0 Å². The Morgan fingerprint density at radius 3 is 2.77 bits per heavy atom. The van der Waals surface area contributed by atoms with Crippen LogP contribution in [0.3, 0.4) is 0 Å². The lowest BCUT2D eigenvalue weighted by Crippen LogP contribution is -2.53. The molecule has 1 aromatic rings. The minimum atomic E-state index is 0.250. The normalized spacial score (nSPS) is 25.9. The second kappa shape index (κ2) is 7.31. The van der Waals surface area contributed by atoms with E-state index in [4.69, 9.17) is 4.74 Å². The number of aromatic nitrogens is 2. The van der Waals surface area contributed by atoms with Crippen LogP contribution in [0, 0.1) is 5.41 Å². The summed E-state index contributed by atoms with van der Waals surface area (Å²) in [5.41, 5.74) is 0.276. The van der Waals surface area contributed by atoms with Crippen LogP contribution < -0.4 is 9.80 Å². The second-order valence-electron chi connectivity index (χ2n) is 8.17. The maximum Gasteiger partial charge on any atom is 0.238 e. The number of nitrogens with zero attached hydrogens (tertiary/aromatic N) is 5. The Bertz CT molecular complexity index is 635. The predicted octanol–water partition coefficient (Wildman–Crippen LogP) is 1.99. The van der Waals surface area contributed by atoms with E-state index in [0.29, 0.717) is 12.3 Å². The topological polar surface area (TPSA) is 61.8 Å². The van der Waals surface area contributed by atoms with Crippen molar-refractivity contribution in [3.63, 3.8) is 0 Å². The second-order valence-corrected chi connectivity index (χ2v) is 8.90. The molecule has 4 rings (SSSR count). The van der Waals surface area contributed by atoms with E-state index in [0.717, 1.165) is 76.0 Å².